The van der Waals surface area contributed by atoms with E-state index in [1.165, 1.54) is 19.3 Å². The highest BCUT2D eigenvalue weighted by atomic mass is 14.3. The second-order valence-electron chi connectivity index (χ2n) is 3.07. The Morgan fingerprint density at radius 3 is 2.22 bits per heavy atom. The lowest BCUT2D eigenvalue weighted by Crippen LogP contribution is -1.87. The van der Waals surface area contributed by atoms with Gasteiger partial charge < -0.3 is 0 Å². The molecule has 0 aliphatic heterocycles. The largest absolute Gasteiger partial charge is 0.0651 e. The Hall–Kier alpha value is -0.520. The summed E-state index contributed by atoms with van der Waals surface area (Å²) in [7, 11) is 0. The third-order valence-electron chi connectivity index (χ3n) is 2.49. The van der Waals surface area contributed by atoms with Crippen LogP contribution in [-0.2, 0) is 0 Å². The van der Waals surface area contributed by atoms with E-state index in [9.17, 15) is 0 Å². The van der Waals surface area contributed by atoms with E-state index in [2.05, 4.69) is 19.1 Å². The Bertz CT molecular complexity index is 164. The summed E-state index contributed by atoms with van der Waals surface area (Å²) >= 11 is 0. The summed E-state index contributed by atoms with van der Waals surface area (Å²) in [5.41, 5.74) is 3.28. The molecule has 0 saturated heterocycles. The average molecular weight is 120 g/mol. The maximum absolute atomic E-state index is 2.29. The third kappa shape index (κ3) is 0.658. The van der Waals surface area contributed by atoms with E-state index in [4.69, 9.17) is 0 Å². The van der Waals surface area contributed by atoms with E-state index in [0.717, 1.165) is 5.92 Å². The van der Waals surface area contributed by atoms with Crippen LogP contribution in [0.2, 0.25) is 0 Å². The molecule has 2 rings (SSSR count). The molecular weight excluding hydrogens is 108 g/mol. The van der Waals surface area contributed by atoms with E-state index in [0.29, 0.717) is 0 Å². The number of fused-ring (bicyclic) bond motifs is 1. The van der Waals surface area contributed by atoms with Gasteiger partial charge >= 0.3 is 0 Å². The molecule has 0 radical (unpaired) electrons. The molecule has 0 N–H and O–H groups in total. The van der Waals surface area contributed by atoms with Crippen LogP contribution in [0.1, 0.15) is 26.2 Å². The monoisotopic (exact) mass is 120 g/mol. The molecule has 2 aliphatic carbocycles. The van der Waals surface area contributed by atoms with E-state index >= 15 is 0 Å². The Balaban J connectivity index is 2.08. The fourth-order valence-electron chi connectivity index (χ4n) is 1.70. The number of hydrogen-bond acceptors (Lipinski definition) is 0. The molecule has 0 heteroatoms. The molecule has 2 aliphatic rings. The molecule has 0 aromatic heterocycles. The van der Waals surface area contributed by atoms with Crippen molar-refractivity contribution in [3.05, 3.63) is 23.3 Å². The van der Waals surface area contributed by atoms with Crippen molar-refractivity contribution in [2.24, 2.45) is 5.92 Å². The molecule has 0 amide bonds. The first-order valence-electron chi connectivity index (χ1n) is 3.80. The predicted molar refractivity (Wildman–Crippen MR) is 39.2 cm³/mol. The number of allylic oxidation sites excluding steroid dienone is 4. The van der Waals surface area contributed by atoms with Crippen LogP contribution in [0.3, 0.4) is 0 Å². The molecule has 9 heavy (non-hydrogen) atoms. The van der Waals surface area contributed by atoms with Gasteiger partial charge in [0.25, 0.3) is 0 Å². The zero-order chi connectivity index (χ0) is 6.27. The van der Waals surface area contributed by atoms with E-state index in [1.54, 1.807) is 11.1 Å². The molecule has 0 aromatic carbocycles. The van der Waals surface area contributed by atoms with Crippen LogP contribution in [0.15, 0.2) is 23.3 Å². The summed E-state index contributed by atoms with van der Waals surface area (Å²) in [6.07, 6.45) is 8.62. The van der Waals surface area contributed by atoms with Crippen LogP contribution in [0.25, 0.3) is 0 Å². The topological polar surface area (TPSA) is 0 Å². The van der Waals surface area contributed by atoms with Crippen molar-refractivity contribution in [1.29, 1.82) is 0 Å². The zero-order valence-corrected chi connectivity index (χ0v) is 5.85. The van der Waals surface area contributed by atoms with E-state index in [-0.39, 0.29) is 0 Å². The average Bonchev–Trinajstić information content (AvgIpc) is 2.10. The molecule has 0 spiro atoms. The second kappa shape index (κ2) is 1.73. The van der Waals surface area contributed by atoms with Gasteiger partial charge in [-0.15, -0.1) is 0 Å². The Morgan fingerprint density at radius 2 is 1.89 bits per heavy atom. The lowest BCUT2D eigenvalue weighted by Gasteiger charge is -2.04. The Kier molecular flexibility index (Phi) is 1.01. The van der Waals surface area contributed by atoms with E-state index in [1.807, 2.05) is 0 Å². The van der Waals surface area contributed by atoms with Crippen molar-refractivity contribution in [1.82, 2.24) is 0 Å². The SMILES string of the molecule is CCC1CC2=CC=C2C1. The fourth-order valence-corrected chi connectivity index (χ4v) is 1.70. The molecule has 0 aromatic rings. The molecule has 0 heterocycles. The molecule has 0 bridgehead atoms. The lowest BCUT2D eigenvalue weighted by atomic mass is 10.0. The normalized spacial score (nSPS) is 24.6. The molecule has 1 fully saturated rings. The van der Waals surface area contributed by atoms with Gasteiger partial charge in [-0.05, 0) is 29.9 Å². The van der Waals surface area contributed by atoms with Gasteiger partial charge in [-0.2, -0.15) is 0 Å². The summed E-state index contributed by atoms with van der Waals surface area (Å²) in [5, 5.41) is 0. The highest BCUT2D eigenvalue weighted by Gasteiger charge is 2.24. The van der Waals surface area contributed by atoms with Crippen molar-refractivity contribution in [3.63, 3.8) is 0 Å². The number of rotatable bonds is 1. The van der Waals surface area contributed by atoms with Crippen LogP contribution >= 0.6 is 0 Å². The molecule has 0 unspecified atom stereocenters. The van der Waals surface area contributed by atoms with Gasteiger partial charge in [0.2, 0.25) is 0 Å². The second-order valence-corrected chi connectivity index (χ2v) is 3.07. The summed E-state index contributed by atoms with van der Waals surface area (Å²) in [6, 6.07) is 0. The Labute approximate surface area is 56.3 Å². The minimum Gasteiger partial charge on any atom is -0.0651 e. The third-order valence-corrected chi connectivity index (χ3v) is 2.49. The fraction of sp³-hybridized carbons (Fsp3) is 0.556. The van der Waals surface area contributed by atoms with Gasteiger partial charge in [-0.1, -0.05) is 25.5 Å². The van der Waals surface area contributed by atoms with Gasteiger partial charge in [0.05, 0.1) is 0 Å². The van der Waals surface area contributed by atoms with Crippen LogP contribution in [0, 0.1) is 5.92 Å². The minimum absolute atomic E-state index is 0.977. The van der Waals surface area contributed by atoms with E-state index < -0.39 is 0 Å². The molecule has 0 nitrogen and oxygen atoms in total. The maximum Gasteiger partial charge on any atom is -0.0245 e. The Morgan fingerprint density at radius 1 is 1.33 bits per heavy atom. The van der Waals surface area contributed by atoms with Crippen molar-refractivity contribution in [2.75, 3.05) is 0 Å². The molecule has 1 saturated carbocycles. The molecule has 48 valence electrons. The van der Waals surface area contributed by atoms with Crippen molar-refractivity contribution in [2.45, 2.75) is 26.2 Å². The van der Waals surface area contributed by atoms with Gasteiger partial charge in [-0.3, -0.25) is 0 Å². The zero-order valence-electron chi connectivity index (χ0n) is 5.85. The first-order valence-corrected chi connectivity index (χ1v) is 3.80. The first kappa shape index (κ1) is 5.28. The van der Waals surface area contributed by atoms with Gasteiger partial charge in [0, 0.05) is 0 Å². The highest BCUT2D eigenvalue weighted by Crippen LogP contribution is 2.41. The van der Waals surface area contributed by atoms with Crippen LogP contribution in [0.4, 0.5) is 0 Å². The number of hydrogen-bond donors (Lipinski definition) is 0. The van der Waals surface area contributed by atoms with Crippen molar-refractivity contribution < 1.29 is 0 Å². The standard InChI is InChI=1S/C9H12/c1-2-7-5-8-3-4-9(8)6-7/h3-4,7H,2,5-6H2,1H3. The maximum atomic E-state index is 2.29. The minimum atomic E-state index is 0.977. The summed E-state index contributed by atoms with van der Waals surface area (Å²) in [5.74, 6) is 0.977. The van der Waals surface area contributed by atoms with Gasteiger partial charge in [0.1, 0.15) is 0 Å². The quantitative estimate of drug-likeness (QED) is 0.499. The highest BCUT2D eigenvalue weighted by molar-refractivity contribution is 5.48. The predicted octanol–water partition coefficient (Wildman–Crippen LogP) is 2.67. The van der Waals surface area contributed by atoms with Crippen molar-refractivity contribution >= 4 is 0 Å². The molecule has 0 atom stereocenters. The smallest absolute Gasteiger partial charge is 0.0245 e. The summed E-state index contributed by atoms with van der Waals surface area (Å²) in [4.78, 5) is 0. The molecular formula is C9H12. The van der Waals surface area contributed by atoms with Gasteiger partial charge in [-0.25, -0.2) is 0 Å². The van der Waals surface area contributed by atoms with Gasteiger partial charge in [0.15, 0.2) is 0 Å². The van der Waals surface area contributed by atoms with Crippen LogP contribution in [0.5, 0.6) is 0 Å². The summed E-state index contributed by atoms with van der Waals surface area (Å²) < 4.78 is 0. The summed E-state index contributed by atoms with van der Waals surface area (Å²) in [6.45, 7) is 2.29. The first-order chi connectivity index (χ1) is 4.40. The van der Waals surface area contributed by atoms with Crippen LogP contribution < -0.4 is 0 Å². The van der Waals surface area contributed by atoms with Crippen LogP contribution in [-0.4, -0.2) is 0 Å². The van der Waals surface area contributed by atoms with Crippen molar-refractivity contribution in [3.8, 4) is 0 Å². The lowest BCUT2D eigenvalue weighted by molar-refractivity contribution is 0.554.